The maximum Gasteiger partial charge on any atom is 0.0455 e. The molecule has 2 rings (SSSR count). The van der Waals surface area contributed by atoms with Crippen molar-refractivity contribution >= 4 is 23.2 Å². The molecular formula is C13H17Cl2N. The Morgan fingerprint density at radius 3 is 2.38 bits per heavy atom. The minimum absolute atomic E-state index is 0.444. The second-order valence-electron chi connectivity index (χ2n) is 4.52. The van der Waals surface area contributed by atoms with Gasteiger partial charge in [-0.1, -0.05) is 42.1 Å². The average Bonchev–Trinajstić information content (AvgIpc) is 2.29. The lowest BCUT2D eigenvalue weighted by molar-refractivity contribution is 0.314. The third kappa shape index (κ3) is 2.37. The summed E-state index contributed by atoms with van der Waals surface area (Å²) in [4.78, 5) is 0. The molecule has 1 aliphatic rings. The number of hydrogen-bond donors (Lipinski definition) is 1. The predicted octanol–water partition coefficient (Wildman–Crippen LogP) is 4.23. The van der Waals surface area contributed by atoms with E-state index < -0.39 is 0 Å². The summed E-state index contributed by atoms with van der Waals surface area (Å²) in [5.41, 5.74) is 6.96. The molecule has 2 N–H and O–H groups in total. The van der Waals surface area contributed by atoms with Crippen LogP contribution < -0.4 is 5.73 Å². The molecule has 1 saturated carbocycles. The van der Waals surface area contributed by atoms with Crippen molar-refractivity contribution in [3.63, 3.8) is 0 Å². The van der Waals surface area contributed by atoms with Gasteiger partial charge in [-0.3, -0.25) is 0 Å². The normalized spacial score (nSPS) is 25.7. The maximum atomic E-state index is 6.26. The number of rotatable bonds is 2. The summed E-state index contributed by atoms with van der Waals surface area (Å²) < 4.78 is 0. The van der Waals surface area contributed by atoms with Crippen molar-refractivity contribution < 1.29 is 0 Å². The molecule has 0 radical (unpaired) electrons. The Morgan fingerprint density at radius 2 is 1.75 bits per heavy atom. The van der Waals surface area contributed by atoms with Crippen LogP contribution in [0.15, 0.2) is 18.2 Å². The first-order valence-corrected chi connectivity index (χ1v) is 6.63. The van der Waals surface area contributed by atoms with E-state index in [0.29, 0.717) is 11.8 Å². The standard InChI is InChI=1S/C13H17Cl2N/c14-11-6-3-7-12(15)13(11)10-5-2-1-4-9(10)8-16/h3,6-7,9-10H,1-2,4-5,8,16H2. The van der Waals surface area contributed by atoms with E-state index in [1.54, 1.807) is 0 Å². The molecule has 0 amide bonds. The summed E-state index contributed by atoms with van der Waals surface area (Å²) in [6, 6.07) is 5.74. The molecule has 1 nitrogen and oxygen atoms in total. The molecule has 2 unspecified atom stereocenters. The molecular weight excluding hydrogens is 241 g/mol. The van der Waals surface area contributed by atoms with E-state index in [4.69, 9.17) is 28.9 Å². The molecule has 3 heteroatoms. The van der Waals surface area contributed by atoms with Crippen LogP contribution in [0.2, 0.25) is 10.0 Å². The highest BCUT2D eigenvalue weighted by Crippen LogP contribution is 2.42. The zero-order chi connectivity index (χ0) is 11.5. The van der Waals surface area contributed by atoms with Crippen molar-refractivity contribution in [2.75, 3.05) is 6.54 Å². The second kappa shape index (κ2) is 5.39. The molecule has 0 heterocycles. The smallest absolute Gasteiger partial charge is 0.0455 e. The van der Waals surface area contributed by atoms with Gasteiger partial charge in [0.1, 0.15) is 0 Å². The van der Waals surface area contributed by atoms with Crippen LogP contribution in [0.25, 0.3) is 0 Å². The van der Waals surface area contributed by atoms with Crippen molar-refractivity contribution in [3.8, 4) is 0 Å². The molecule has 0 aromatic heterocycles. The molecule has 0 saturated heterocycles. The zero-order valence-corrected chi connectivity index (χ0v) is 10.8. The van der Waals surface area contributed by atoms with E-state index in [1.165, 1.54) is 19.3 Å². The SMILES string of the molecule is NCC1CCCCC1c1c(Cl)cccc1Cl. The minimum Gasteiger partial charge on any atom is -0.330 e. The lowest BCUT2D eigenvalue weighted by Gasteiger charge is -2.32. The first kappa shape index (κ1) is 12.2. The highest BCUT2D eigenvalue weighted by molar-refractivity contribution is 6.36. The number of nitrogens with two attached hydrogens (primary N) is 1. The van der Waals surface area contributed by atoms with Gasteiger partial charge in [0.25, 0.3) is 0 Å². The van der Waals surface area contributed by atoms with Crippen molar-refractivity contribution in [2.45, 2.75) is 31.6 Å². The third-order valence-electron chi connectivity index (χ3n) is 3.58. The molecule has 2 atom stereocenters. The molecule has 0 aliphatic heterocycles. The van der Waals surface area contributed by atoms with E-state index >= 15 is 0 Å². The van der Waals surface area contributed by atoms with E-state index in [1.807, 2.05) is 18.2 Å². The molecule has 1 aromatic carbocycles. The number of hydrogen-bond acceptors (Lipinski definition) is 1. The Kier molecular flexibility index (Phi) is 4.12. The van der Waals surface area contributed by atoms with Gasteiger partial charge < -0.3 is 5.73 Å². The van der Waals surface area contributed by atoms with Gasteiger partial charge in [0.15, 0.2) is 0 Å². The fourth-order valence-electron chi connectivity index (χ4n) is 2.73. The number of benzene rings is 1. The Morgan fingerprint density at radius 1 is 1.12 bits per heavy atom. The monoisotopic (exact) mass is 257 g/mol. The van der Waals surface area contributed by atoms with E-state index in [-0.39, 0.29) is 0 Å². The average molecular weight is 258 g/mol. The molecule has 1 aromatic rings. The van der Waals surface area contributed by atoms with Gasteiger partial charge in [0, 0.05) is 10.0 Å². The lowest BCUT2D eigenvalue weighted by atomic mass is 9.75. The fourth-order valence-corrected chi connectivity index (χ4v) is 3.41. The van der Waals surface area contributed by atoms with Gasteiger partial charge in [0.2, 0.25) is 0 Å². The summed E-state index contributed by atoms with van der Waals surface area (Å²) in [5, 5.41) is 1.58. The highest BCUT2D eigenvalue weighted by atomic mass is 35.5. The topological polar surface area (TPSA) is 26.0 Å². The van der Waals surface area contributed by atoms with Crippen LogP contribution in [0.4, 0.5) is 0 Å². The first-order valence-electron chi connectivity index (χ1n) is 5.88. The molecule has 0 spiro atoms. The first-order chi connectivity index (χ1) is 7.74. The van der Waals surface area contributed by atoms with Gasteiger partial charge in [-0.2, -0.15) is 0 Å². The summed E-state index contributed by atoms with van der Waals surface area (Å²) in [5.74, 6) is 0.978. The van der Waals surface area contributed by atoms with Gasteiger partial charge in [-0.25, -0.2) is 0 Å². The van der Waals surface area contributed by atoms with Gasteiger partial charge in [-0.05, 0) is 48.9 Å². The lowest BCUT2D eigenvalue weighted by Crippen LogP contribution is -2.25. The van der Waals surface area contributed by atoms with E-state index in [0.717, 1.165) is 28.6 Å². The van der Waals surface area contributed by atoms with Crippen molar-refractivity contribution in [3.05, 3.63) is 33.8 Å². The van der Waals surface area contributed by atoms with E-state index in [2.05, 4.69) is 0 Å². The molecule has 1 fully saturated rings. The quantitative estimate of drug-likeness (QED) is 0.844. The van der Waals surface area contributed by atoms with Crippen molar-refractivity contribution in [2.24, 2.45) is 11.7 Å². The van der Waals surface area contributed by atoms with E-state index in [9.17, 15) is 0 Å². The van der Waals surface area contributed by atoms with Crippen LogP contribution in [0.5, 0.6) is 0 Å². The van der Waals surface area contributed by atoms with Crippen LogP contribution >= 0.6 is 23.2 Å². The fraction of sp³-hybridized carbons (Fsp3) is 0.538. The Balaban J connectivity index is 2.34. The van der Waals surface area contributed by atoms with Gasteiger partial charge in [-0.15, -0.1) is 0 Å². The van der Waals surface area contributed by atoms with Gasteiger partial charge in [0.05, 0.1) is 0 Å². The Hall–Kier alpha value is -0.240. The summed E-state index contributed by atoms with van der Waals surface area (Å²) in [6.45, 7) is 0.728. The van der Waals surface area contributed by atoms with Crippen molar-refractivity contribution in [1.82, 2.24) is 0 Å². The maximum absolute atomic E-state index is 6.26. The molecule has 1 aliphatic carbocycles. The number of halogens is 2. The van der Waals surface area contributed by atoms with Crippen LogP contribution in [-0.2, 0) is 0 Å². The zero-order valence-electron chi connectivity index (χ0n) is 9.26. The van der Waals surface area contributed by atoms with Crippen LogP contribution in [0.1, 0.15) is 37.2 Å². The van der Waals surface area contributed by atoms with Crippen molar-refractivity contribution in [1.29, 1.82) is 0 Å². The summed E-state index contributed by atoms with van der Waals surface area (Å²) in [6.07, 6.45) is 4.89. The molecule has 0 bridgehead atoms. The third-order valence-corrected chi connectivity index (χ3v) is 4.24. The summed E-state index contributed by atoms with van der Waals surface area (Å²) >= 11 is 12.5. The van der Waals surface area contributed by atoms with Crippen LogP contribution in [0.3, 0.4) is 0 Å². The second-order valence-corrected chi connectivity index (χ2v) is 5.34. The molecule has 88 valence electrons. The highest BCUT2D eigenvalue weighted by Gasteiger charge is 2.28. The molecule has 16 heavy (non-hydrogen) atoms. The predicted molar refractivity (Wildman–Crippen MR) is 70.2 cm³/mol. The largest absolute Gasteiger partial charge is 0.330 e. The Labute approximate surface area is 107 Å². The minimum atomic E-state index is 0.444. The van der Waals surface area contributed by atoms with Crippen LogP contribution in [-0.4, -0.2) is 6.54 Å². The Bertz CT molecular complexity index is 345. The van der Waals surface area contributed by atoms with Crippen LogP contribution in [0, 0.1) is 5.92 Å². The summed E-state index contributed by atoms with van der Waals surface area (Å²) in [7, 11) is 0. The van der Waals surface area contributed by atoms with Gasteiger partial charge >= 0.3 is 0 Å².